The smallest absolute Gasteiger partial charge is 0.125 e. The van der Waals surface area contributed by atoms with Crippen molar-refractivity contribution >= 4 is 22.9 Å². The number of ether oxygens (including phenoxy) is 1. The molecule has 0 atom stereocenters. The molecule has 1 saturated heterocycles. The second kappa shape index (κ2) is 5.76. The molecule has 0 aliphatic carbocycles. The van der Waals surface area contributed by atoms with E-state index in [1.165, 1.54) is 16.0 Å². The van der Waals surface area contributed by atoms with Gasteiger partial charge in [0.05, 0.1) is 5.02 Å². The molecule has 0 N–H and O–H groups in total. The molecule has 1 aromatic heterocycles. The Morgan fingerprint density at radius 3 is 2.55 bits per heavy atom. The fourth-order valence-corrected chi connectivity index (χ4v) is 3.66. The highest BCUT2D eigenvalue weighted by atomic mass is 35.5. The second-order valence-electron chi connectivity index (χ2n) is 5.35. The molecule has 4 heteroatoms. The first-order valence-corrected chi connectivity index (χ1v) is 8.06. The predicted molar refractivity (Wildman–Crippen MR) is 84.9 cm³/mol. The molecule has 2 nitrogen and oxygen atoms in total. The van der Waals surface area contributed by atoms with E-state index in [-0.39, 0.29) is 0 Å². The SMILES string of the molecule is Cc1cccc(C)c1OC1CN(Cc2sccc2Cl)C1. The minimum absolute atomic E-state index is 0.300. The number of para-hydroxylation sites is 1. The van der Waals surface area contributed by atoms with E-state index in [0.717, 1.165) is 30.4 Å². The van der Waals surface area contributed by atoms with Crippen LogP contribution >= 0.6 is 22.9 Å². The molecule has 0 unspecified atom stereocenters. The monoisotopic (exact) mass is 307 g/mol. The van der Waals surface area contributed by atoms with Crippen LogP contribution in [0, 0.1) is 13.8 Å². The van der Waals surface area contributed by atoms with Gasteiger partial charge in [0, 0.05) is 24.5 Å². The number of rotatable bonds is 4. The average molecular weight is 308 g/mol. The standard InChI is InChI=1S/C16H18ClNOS/c1-11-4-3-5-12(2)16(11)19-13-8-18(9-13)10-15-14(17)6-7-20-15/h3-7,13H,8-10H2,1-2H3. The Hall–Kier alpha value is -1.03. The minimum Gasteiger partial charge on any atom is -0.487 e. The van der Waals surface area contributed by atoms with Crippen LogP contribution < -0.4 is 4.74 Å². The molecule has 20 heavy (non-hydrogen) atoms. The number of likely N-dealkylation sites (tertiary alicyclic amines) is 1. The third kappa shape index (κ3) is 2.85. The lowest BCUT2D eigenvalue weighted by molar-refractivity contribution is 0.0144. The first-order valence-electron chi connectivity index (χ1n) is 6.80. The first-order chi connectivity index (χ1) is 9.63. The van der Waals surface area contributed by atoms with E-state index in [1.54, 1.807) is 11.3 Å². The second-order valence-corrected chi connectivity index (χ2v) is 6.75. The maximum Gasteiger partial charge on any atom is 0.125 e. The largest absolute Gasteiger partial charge is 0.487 e. The van der Waals surface area contributed by atoms with Gasteiger partial charge in [0.25, 0.3) is 0 Å². The van der Waals surface area contributed by atoms with Crippen LogP contribution in [-0.2, 0) is 6.54 Å². The predicted octanol–water partition coefficient (Wildman–Crippen LogP) is 4.28. The van der Waals surface area contributed by atoms with Gasteiger partial charge in [-0.2, -0.15) is 0 Å². The van der Waals surface area contributed by atoms with Crippen molar-refractivity contribution in [3.8, 4) is 5.75 Å². The molecular formula is C16H18ClNOS. The summed E-state index contributed by atoms with van der Waals surface area (Å²) in [6.45, 7) is 7.08. The van der Waals surface area contributed by atoms with Gasteiger partial charge in [0.2, 0.25) is 0 Å². The molecule has 2 aromatic rings. The van der Waals surface area contributed by atoms with Crippen LogP contribution in [-0.4, -0.2) is 24.1 Å². The van der Waals surface area contributed by atoms with Crippen LogP contribution in [0.3, 0.4) is 0 Å². The van der Waals surface area contributed by atoms with Gasteiger partial charge in [0.1, 0.15) is 11.9 Å². The quantitative estimate of drug-likeness (QED) is 0.836. The molecule has 0 bridgehead atoms. The molecular weight excluding hydrogens is 290 g/mol. The summed E-state index contributed by atoms with van der Waals surface area (Å²) in [5.41, 5.74) is 2.43. The van der Waals surface area contributed by atoms with Crippen molar-refractivity contribution in [2.24, 2.45) is 0 Å². The summed E-state index contributed by atoms with van der Waals surface area (Å²) in [4.78, 5) is 3.62. The molecule has 106 valence electrons. The van der Waals surface area contributed by atoms with E-state index in [2.05, 4.69) is 36.9 Å². The zero-order chi connectivity index (χ0) is 14.1. The highest BCUT2D eigenvalue weighted by molar-refractivity contribution is 7.10. The van der Waals surface area contributed by atoms with Crippen molar-refractivity contribution in [1.82, 2.24) is 4.90 Å². The van der Waals surface area contributed by atoms with Crippen LogP contribution in [0.1, 0.15) is 16.0 Å². The maximum atomic E-state index is 6.13. The van der Waals surface area contributed by atoms with E-state index >= 15 is 0 Å². The summed E-state index contributed by atoms with van der Waals surface area (Å²) < 4.78 is 6.12. The Labute approximate surface area is 128 Å². The van der Waals surface area contributed by atoms with Crippen molar-refractivity contribution in [2.75, 3.05) is 13.1 Å². The fraction of sp³-hybridized carbons (Fsp3) is 0.375. The Kier molecular flexibility index (Phi) is 4.01. The normalized spacial score (nSPS) is 16.1. The van der Waals surface area contributed by atoms with Crippen LogP contribution in [0.15, 0.2) is 29.6 Å². The number of hydrogen-bond acceptors (Lipinski definition) is 3. The van der Waals surface area contributed by atoms with Crippen LogP contribution in [0.5, 0.6) is 5.75 Å². The van der Waals surface area contributed by atoms with Crippen molar-refractivity contribution in [2.45, 2.75) is 26.5 Å². The highest BCUT2D eigenvalue weighted by Gasteiger charge is 2.29. The van der Waals surface area contributed by atoms with Crippen molar-refractivity contribution in [1.29, 1.82) is 0 Å². The molecule has 0 radical (unpaired) electrons. The van der Waals surface area contributed by atoms with Crippen LogP contribution in [0.4, 0.5) is 0 Å². The van der Waals surface area contributed by atoms with E-state index in [4.69, 9.17) is 16.3 Å². The van der Waals surface area contributed by atoms with Crippen molar-refractivity contribution in [3.63, 3.8) is 0 Å². The summed E-state index contributed by atoms with van der Waals surface area (Å²) >= 11 is 7.85. The molecule has 0 amide bonds. The Morgan fingerprint density at radius 2 is 1.95 bits per heavy atom. The molecule has 1 aromatic carbocycles. The van der Waals surface area contributed by atoms with Crippen LogP contribution in [0.25, 0.3) is 0 Å². The van der Waals surface area contributed by atoms with Gasteiger partial charge in [-0.05, 0) is 36.4 Å². The third-order valence-corrected chi connectivity index (χ3v) is 5.05. The van der Waals surface area contributed by atoms with E-state index in [1.807, 2.05) is 11.4 Å². The summed E-state index contributed by atoms with van der Waals surface area (Å²) in [6, 6.07) is 8.24. The van der Waals surface area contributed by atoms with Crippen molar-refractivity contribution in [3.05, 3.63) is 50.7 Å². The molecule has 3 rings (SSSR count). The van der Waals surface area contributed by atoms with E-state index in [9.17, 15) is 0 Å². The third-order valence-electron chi connectivity index (χ3n) is 3.68. The lowest BCUT2D eigenvalue weighted by atomic mass is 10.1. The maximum absolute atomic E-state index is 6.13. The molecule has 1 aliphatic rings. The first kappa shape index (κ1) is 13.9. The Bertz CT molecular complexity index is 584. The Balaban J connectivity index is 1.55. The number of halogens is 1. The van der Waals surface area contributed by atoms with Gasteiger partial charge < -0.3 is 4.74 Å². The topological polar surface area (TPSA) is 12.5 Å². The zero-order valence-corrected chi connectivity index (χ0v) is 13.3. The van der Waals surface area contributed by atoms with Crippen molar-refractivity contribution < 1.29 is 4.74 Å². The summed E-state index contributed by atoms with van der Waals surface area (Å²) in [5, 5.41) is 2.93. The molecule has 0 saturated carbocycles. The van der Waals surface area contributed by atoms with Gasteiger partial charge in [-0.15, -0.1) is 11.3 Å². The summed E-state index contributed by atoms with van der Waals surface area (Å²) in [5.74, 6) is 1.05. The van der Waals surface area contributed by atoms with E-state index < -0.39 is 0 Å². The number of nitrogens with zero attached hydrogens (tertiary/aromatic N) is 1. The lowest BCUT2D eigenvalue weighted by Gasteiger charge is -2.39. The average Bonchev–Trinajstić information content (AvgIpc) is 2.76. The summed E-state index contributed by atoms with van der Waals surface area (Å²) in [7, 11) is 0. The molecule has 2 heterocycles. The van der Waals surface area contributed by atoms with Gasteiger partial charge in [-0.3, -0.25) is 4.90 Å². The highest BCUT2D eigenvalue weighted by Crippen LogP contribution is 2.29. The molecule has 1 fully saturated rings. The molecule has 0 spiro atoms. The number of thiophene rings is 1. The van der Waals surface area contributed by atoms with Gasteiger partial charge in [-0.25, -0.2) is 0 Å². The van der Waals surface area contributed by atoms with E-state index in [0.29, 0.717) is 6.10 Å². The summed E-state index contributed by atoms with van der Waals surface area (Å²) in [6.07, 6.45) is 0.300. The fourth-order valence-electron chi connectivity index (χ4n) is 2.52. The van der Waals surface area contributed by atoms with Gasteiger partial charge in [-0.1, -0.05) is 29.8 Å². The number of benzene rings is 1. The Morgan fingerprint density at radius 1 is 1.25 bits per heavy atom. The minimum atomic E-state index is 0.300. The van der Waals surface area contributed by atoms with Gasteiger partial charge >= 0.3 is 0 Å². The zero-order valence-electron chi connectivity index (χ0n) is 11.7. The lowest BCUT2D eigenvalue weighted by Crippen LogP contribution is -2.53. The number of hydrogen-bond donors (Lipinski definition) is 0. The molecule has 1 aliphatic heterocycles. The van der Waals surface area contributed by atoms with Gasteiger partial charge in [0.15, 0.2) is 0 Å². The number of aryl methyl sites for hydroxylation is 2. The van der Waals surface area contributed by atoms with Crippen LogP contribution in [0.2, 0.25) is 5.02 Å².